The van der Waals surface area contributed by atoms with Crippen LogP contribution in [0.5, 0.6) is 5.75 Å². The van der Waals surface area contributed by atoms with Gasteiger partial charge < -0.3 is 9.84 Å². The number of carboxylic acid groups (broad SMARTS) is 1. The number of carboxylic acids is 1. The zero-order valence-electron chi connectivity index (χ0n) is 10.3. The summed E-state index contributed by atoms with van der Waals surface area (Å²) in [6, 6.07) is 15.4. The van der Waals surface area contributed by atoms with Crippen LogP contribution in [0.25, 0.3) is 0 Å². The number of rotatable bonds is 4. The SMILES string of the molecule is C[C@@](Oc1ccc(Cl)cc1)(C(=O)O)c1ccccc1. The molecule has 0 aromatic heterocycles. The molecular formula is C15H13ClO3. The molecule has 0 radical (unpaired) electrons. The molecule has 98 valence electrons. The highest BCUT2D eigenvalue weighted by molar-refractivity contribution is 6.30. The van der Waals surface area contributed by atoms with Crippen LogP contribution in [0.2, 0.25) is 5.02 Å². The van der Waals surface area contributed by atoms with Crippen molar-refractivity contribution < 1.29 is 14.6 Å². The Labute approximate surface area is 116 Å². The first-order valence-electron chi connectivity index (χ1n) is 5.76. The molecule has 0 saturated heterocycles. The standard InChI is InChI=1S/C15H13ClO3/c1-15(14(17)18,11-5-3-2-4-6-11)19-13-9-7-12(16)8-10-13/h2-10H,1H3,(H,17,18)/t15-/m0/s1. The Kier molecular flexibility index (Phi) is 3.76. The van der Waals surface area contributed by atoms with E-state index >= 15 is 0 Å². The van der Waals surface area contributed by atoms with Crippen molar-refractivity contribution in [2.75, 3.05) is 0 Å². The molecule has 0 aliphatic rings. The zero-order chi connectivity index (χ0) is 13.9. The average molecular weight is 277 g/mol. The first-order valence-corrected chi connectivity index (χ1v) is 6.13. The Bertz CT molecular complexity index is 566. The lowest BCUT2D eigenvalue weighted by molar-refractivity contribution is -0.154. The van der Waals surface area contributed by atoms with Crippen molar-refractivity contribution in [2.45, 2.75) is 12.5 Å². The van der Waals surface area contributed by atoms with Gasteiger partial charge in [-0.25, -0.2) is 4.79 Å². The summed E-state index contributed by atoms with van der Waals surface area (Å²) in [6.45, 7) is 1.53. The van der Waals surface area contributed by atoms with Crippen LogP contribution in [0.15, 0.2) is 54.6 Å². The fourth-order valence-electron chi connectivity index (χ4n) is 1.72. The lowest BCUT2D eigenvalue weighted by Crippen LogP contribution is -2.38. The average Bonchev–Trinajstić information content (AvgIpc) is 2.42. The van der Waals surface area contributed by atoms with Gasteiger partial charge in [0.2, 0.25) is 5.60 Å². The minimum Gasteiger partial charge on any atom is -0.478 e. The van der Waals surface area contributed by atoms with Crippen LogP contribution in [0.3, 0.4) is 0 Å². The van der Waals surface area contributed by atoms with E-state index in [1.54, 1.807) is 48.5 Å². The first kappa shape index (κ1) is 13.4. The van der Waals surface area contributed by atoms with E-state index in [0.29, 0.717) is 16.3 Å². The Morgan fingerprint density at radius 3 is 2.21 bits per heavy atom. The molecule has 0 amide bonds. The maximum Gasteiger partial charge on any atom is 0.352 e. The van der Waals surface area contributed by atoms with Crippen molar-refractivity contribution in [3.63, 3.8) is 0 Å². The van der Waals surface area contributed by atoms with E-state index in [9.17, 15) is 9.90 Å². The van der Waals surface area contributed by atoms with Crippen molar-refractivity contribution >= 4 is 17.6 Å². The lowest BCUT2D eigenvalue weighted by atomic mass is 9.96. The van der Waals surface area contributed by atoms with Gasteiger partial charge in [0.05, 0.1) is 0 Å². The van der Waals surface area contributed by atoms with E-state index in [2.05, 4.69) is 0 Å². The normalized spacial score (nSPS) is 13.6. The summed E-state index contributed by atoms with van der Waals surface area (Å²) < 4.78 is 5.65. The van der Waals surface area contributed by atoms with Gasteiger partial charge in [-0.2, -0.15) is 0 Å². The zero-order valence-corrected chi connectivity index (χ0v) is 11.1. The van der Waals surface area contributed by atoms with Crippen molar-refractivity contribution in [2.24, 2.45) is 0 Å². The first-order chi connectivity index (χ1) is 9.02. The number of halogens is 1. The lowest BCUT2D eigenvalue weighted by Gasteiger charge is -2.26. The maximum absolute atomic E-state index is 11.5. The van der Waals surface area contributed by atoms with E-state index in [4.69, 9.17) is 16.3 Å². The summed E-state index contributed by atoms with van der Waals surface area (Å²) in [5, 5.41) is 10.0. The minimum absolute atomic E-state index is 0.457. The van der Waals surface area contributed by atoms with Crippen molar-refractivity contribution in [1.29, 1.82) is 0 Å². The molecule has 3 nitrogen and oxygen atoms in total. The molecule has 0 spiro atoms. The number of aliphatic carboxylic acids is 1. The molecular weight excluding hydrogens is 264 g/mol. The number of carbonyl (C=O) groups is 1. The second-order valence-electron chi connectivity index (χ2n) is 4.26. The Morgan fingerprint density at radius 1 is 1.11 bits per heavy atom. The fraction of sp³-hybridized carbons (Fsp3) is 0.133. The summed E-state index contributed by atoms with van der Waals surface area (Å²) >= 11 is 5.79. The van der Waals surface area contributed by atoms with Gasteiger partial charge >= 0.3 is 5.97 Å². The van der Waals surface area contributed by atoms with Crippen LogP contribution in [0, 0.1) is 0 Å². The van der Waals surface area contributed by atoms with Crippen molar-refractivity contribution in [1.82, 2.24) is 0 Å². The van der Waals surface area contributed by atoms with Gasteiger partial charge in [-0.1, -0.05) is 41.9 Å². The van der Waals surface area contributed by atoms with Gasteiger partial charge in [0.25, 0.3) is 0 Å². The third-order valence-electron chi connectivity index (χ3n) is 2.87. The number of ether oxygens (including phenoxy) is 1. The molecule has 0 heterocycles. The van der Waals surface area contributed by atoms with E-state index in [-0.39, 0.29) is 0 Å². The van der Waals surface area contributed by atoms with Crippen LogP contribution >= 0.6 is 11.6 Å². The number of benzene rings is 2. The molecule has 0 bridgehead atoms. The molecule has 2 aromatic rings. The van der Waals surface area contributed by atoms with Crippen LogP contribution in [-0.2, 0) is 10.4 Å². The van der Waals surface area contributed by atoms with Gasteiger partial charge in [-0.15, -0.1) is 0 Å². The largest absolute Gasteiger partial charge is 0.478 e. The summed E-state index contributed by atoms with van der Waals surface area (Å²) in [5.41, 5.74) is -0.854. The highest BCUT2D eigenvalue weighted by Crippen LogP contribution is 2.29. The third kappa shape index (κ3) is 2.88. The van der Waals surface area contributed by atoms with Crippen LogP contribution in [0.1, 0.15) is 12.5 Å². The predicted molar refractivity (Wildman–Crippen MR) is 73.5 cm³/mol. The molecule has 2 aromatic carbocycles. The Hall–Kier alpha value is -2.00. The predicted octanol–water partition coefficient (Wildman–Crippen LogP) is 3.72. The second kappa shape index (κ2) is 5.33. The van der Waals surface area contributed by atoms with Gasteiger partial charge in [-0.3, -0.25) is 0 Å². The molecule has 1 N–H and O–H groups in total. The molecule has 0 aliphatic heterocycles. The minimum atomic E-state index is -1.44. The van der Waals surface area contributed by atoms with Gasteiger partial charge in [-0.05, 0) is 31.2 Å². The topological polar surface area (TPSA) is 46.5 Å². The highest BCUT2D eigenvalue weighted by Gasteiger charge is 2.37. The molecule has 19 heavy (non-hydrogen) atoms. The van der Waals surface area contributed by atoms with E-state index in [1.165, 1.54) is 6.92 Å². The number of hydrogen-bond donors (Lipinski definition) is 1. The summed E-state index contributed by atoms with van der Waals surface area (Å²) in [5.74, 6) is -0.591. The molecule has 2 rings (SSSR count). The van der Waals surface area contributed by atoms with Crippen molar-refractivity contribution in [3.8, 4) is 5.75 Å². The Morgan fingerprint density at radius 2 is 1.68 bits per heavy atom. The van der Waals surface area contributed by atoms with Gasteiger partial charge in [0.15, 0.2) is 0 Å². The summed E-state index contributed by atoms with van der Waals surface area (Å²) in [4.78, 5) is 11.5. The van der Waals surface area contributed by atoms with Crippen LogP contribution in [0.4, 0.5) is 0 Å². The number of hydrogen-bond acceptors (Lipinski definition) is 2. The van der Waals surface area contributed by atoms with Crippen molar-refractivity contribution in [3.05, 3.63) is 65.2 Å². The Balaban J connectivity index is 2.36. The third-order valence-corrected chi connectivity index (χ3v) is 3.12. The molecule has 0 fully saturated rings. The van der Waals surface area contributed by atoms with Crippen LogP contribution < -0.4 is 4.74 Å². The molecule has 0 unspecified atom stereocenters. The van der Waals surface area contributed by atoms with E-state index in [1.807, 2.05) is 6.07 Å². The smallest absolute Gasteiger partial charge is 0.352 e. The fourth-order valence-corrected chi connectivity index (χ4v) is 1.85. The van der Waals surface area contributed by atoms with Gasteiger partial charge in [0.1, 0.15) is 5.75 Å². The highest BCUT2D eigenvalue weighted by atomic mass is 35.5. The van der Waals surface area contributed by atoms with E-state index in [0.717, 1.165) is 0 Å². The monoisotopic (exact) mass is 276 g/mol. The molecule has 4 heteroatoms. The van der Waals surface area contributed by atoms with Crippen LogP contribution in [-0.4, -0.2) is 11.1 Å². The maximum atomic E-state index is 11.5. The van der Waals surface area contributed by atoms with E-state index < -0.39 is 11.6 Å². The molecule has 0 saturated carbocycles. The second-order valence-corrected chi connectivity index (χ2v) is 4.70. The molecule has 0 aliphatic carbocycles. The summed E-state index contributed by atoms with van der Waals surface area (Å²) in [6.07, 6.45) is 0. The molecule has 1 atom stereocenters. The van der Waals surface area contributed by atoms with Gasteiger partial charge in [0, 0.05) is 10.6 Å². The quantitative estimate of drug-likeness (QED) is 0.926. The summed E-state index contributed by atoms with van der Waals surface area (Å²) in [7, 11) is 0.